The van der Waals surface area contributed by atoms with E-state index in [1.807, 2.05) is 0 Å². The fraction of sp³-hybridized carbons (Fsp3) is 0.533. The lowest BCUT2D eigenvalue weighted by atomic mass is 9.42. The highest BCUT2D eigenvalue weighted by Crippen LogP contribution is 2.52. The summed E-state index contributed by atoms with van der Waals surface area (Å²) in [4.78, 5) is 0. The van der Waals surface area contributed by atoms with Crippen LogP contribution in [0.4, 0.5) is 14.5 Å². The minimum atomic E-state index is -1.19. The second-order valence-corrected chi connectivity index (χ2v) is 7.15. The van der Waals surface area contributed by atoms with Gasteiger partial charge in [0.05, 0.1) is 5.56 Å². The highest BCUT2D eigenvalue weighted by Gasteiger charge is 2.48. The predicted molar refractivity (Wildman–Crippen MR) is 81.3 cm³/mol. The van der Waals surface area contributed by atoms with Gasteiger partial charge in [0.15, 0.2) is 6.71 Å². The Bertz CT molecular complexity index is 551. The molecule has 0 atom stereocenters. The van der Waals surface area contributed by atoms with Gasteiger partial charge in [0.25, 0.3) is 0 Å². The van der Waals surface area contributed by atoms with Gasteiger partial charge in [-0.25, -0.2) is 4.39 Å². The van der Waals surface area contributed by atoms with Crippen LogP contribution >= 0.6 is 0 Å². The first-order valence-electron chi connectivity index (χ1n) is 6.88. The molecule has 0 spiro atoms. The number of rotatable bonds is 2. The van der Waals surface area contributed by atoms with E-state index in [2.05, 4.69) is 27.7 Å². The molecule has 3 N–H and O–H groups in total. The zero-order valence-corrected chi connectivity index (χ0v) is 12.5. The van der Waals surface area contributed by atoms with E-state index >= 15 is 0 Å². The minimum absolute atomic E-state index is 0.0881. The third kappa shape index (κ3) is 2.34. The van der Waals surface area contributed by atoms with E-state index in [-0.39, 0.29) is 28.8 Å². The van der Waals surface area contributed by atoms with Crippen LogP contribution in [0.25, 0.3) is 0 Å². The van der Waals surface area contributed by atoms with Crippen molar-refractivity contribution in [2.45, 2.75) is 40.3 Å². The predicted octanol–water partition coefficient (Wildman–Crippen LogP) is 3.47. The van der Waals surface area contributed by atoms with Gasteiger partial charge in [0, 0.05) is 5.69 Å². The zero-order valence-electron chi connectivity index (χ0n) is 12.5. The van der Waals surface area contributed by atoms with E-state index in [4.69, 9.17) is 11.1 Å². The van der Waals surface area contributed by atoms with Crippen molar-refractivity contribution in [2.24, 2.45) is 10.8 Å². The van der Waals surface area contributed by atoms with Crippen LogP contribution < -0.4 is 11.2 Å². The number of hydrogen-bond acceptors (Lipinski definition) is 2. The van der Waals surface area contributed by atoms with Gasteiger partial charge in [-0.2, -0.15) is 4.39 Å². The highest BCUT2D eigenvalue weighted by molar-refractivity contribution is 6.74. The Hall–Kier alpha value is -1.39. The first-order valence-corrected chi connectivity index (χ1v) is 6.88. The number of hydrogen-bond donors (Lipinski definition) is 2. The Morgan fingerprint density at radius 1 is 1.20 bits per heavy atom. The van der Waals surface area contributed by atoms with Crippen molar-refractivity contribution in [3.05, 3.63) is 23.5 Å². The van der Waals surface area contributed by atoms with Crippen LogP contribution in [0.3, 0.4) is 0 Å². The lowest BCUT2D eigenvalue weighted by molar-refractivity contribution is 0.177. The smallest absolute Gasteiger partial charge is 0.215 e. The molecule has 2 nitrogen and oxygen atoms in total. The Balaban J connectivity index is 2.41. The molecule has 108 valence electrons. The average Bonchev–Trinajstić information content (AvgIpc) is 2.50. The number of nitrogens with two attached hydrogens (primary N) is 1. The third-order valence-electron chi connectivity index (χ3n) is 5.19. The summed E-state index contributed by atoms with van der Waals surface area (Å²) in [5.41, 5.74) is 6.50. The molecule has 0 bridgehead atoms. The Morgan fingerprint density at radius 2 is 1.70 bits per heavy atom. The summed E-state index contributed by atoms with van der Waals surface area (Å²) in [6.45, 7) is 8.87. The molecule has 1 heterocycles. The summed E-state index contributed by atoms with van der Waals surface area (Å²) in [5.74, 6) is -1.66. The summed E-state index contributed by atoms with van der Waals surface area (Å²) < 4.78 is 27.2. The number of nitrogens with one attached hydrogen (secondary N) is 1. The molecule has 0 radical (unpaired) electrons. The molecule has 1 aliphatic heterocycles. The molecule has 1 saturated heterocycles. The highest BCUT2D eigenvalue weighted by atomic mass is 19.1. The van der Waals surface area contributed by atoms with E-state index < -0.39 is 11.8 Å². The summed E-state index contributed by atoms with van der Waals surface area (Å²) in [6.07, 6.45) is 1.76. The van der Waals surface area contributed by atoms with Crippen molar-refractivity contribution in [3.8, 4) is 0 Å². The van der Waals surface area contributed by atoms with Crippen molar-refractivity contribution < 1.29 is 8.78 Å². The van der Waals surface area contributed by atoms with Crippen molar-refractivity contribution in [2.75, 3.05) is 5.73 Å². The molecule has 1 aromatic carbocycles. The lowest BCUT2D eigenvalue weighted by Gasteiger charge is -2.35. The molecule has 1 aliphatic rings. The van der Waals surface area contributed by atoms with Gasteiger partial charge in [-0.3, -0.25) is 5.41 Å². The quantitative estimate of drug-likeness (QED) is 0.485. The standard InChI is InChI=1S/C15H21BF2N2/c1-14(2)7-16(8-15(14,3)4)10-6-12(19)9(13(18)20)5-11(10)17/h5-6,20H,7-8,19H2,1-4H3. The first kappa shape index (κ1) is 15.0. The molecule has 2 rings (SSSR count). The lowest BCUT2D eigenvalue weighted by Crippen LogP contribution is -2.32. The van der Waals surface area contributed by atoms with Gasteiger partial charge >= 0.3 is 0 Å². The summed E-state index contributed by atoms with van der Waals surface area (Å²) in [6, 6.07) is 2.55. The second kappa shape index (κ2) is 4.57. The molecule has 1 fully saturated rings. The van der Waals surface area contributed by atoms with E-state index in [0.717, 1.165) is 18.7 Å². The molecular formula is C15H21BF2N2. The summed E-state index contributed by atoms with van der Waals surface area (Å²) >= 11 is 0. The Morgan fingerprint density at radius 3 is 2.15 bits per heavy atom. The number of benzene rings is 1. The van der Waals surface area contributed by atoms with Gasteiger partial charge in [0.1, 0.15) is 5.82 Å². The average molecular weight is 278 g/mol. The molecule has 20 heavy (non-hydrogen) atoms. The Kier molecular flexibility index (Phi) is 3.43. The first-order chi connectivity index (χ1) is 9.05. The van der Waals surface area contributed by atoms with E-state index in [9.17, 15) is 8.78 Å². The molecule has 0 unspecified atom stereocenters. The summed E-state index contributed by atoms with van der Waals surface area (Å²) in [5, 5.41) is 6.97. The van der Waals surface area contributed by atoms with Crippen LogP contribution in [0, 0.1) is 22.1 Å². The van der Waals surface area contributed by atoms with E-state index in [1.54, 1.807) is 0 Å². The van der Waals surface area contributed by atoms with Gasteiger partial charge in [-0.1, -0.05) is 40.3 Å². The number of nitrogen functional groups attached to an aromatic ring is 1. The van der Waals surface area contributed by atoms with Crippen molar-refractivity contribution in [1.82, 2.24) is 0 Å². The molecular weight excluding hydrogens is 257 g/mol. The molecule has 0 saturated carbocycles. The van der Waals surface area contributed by atoms with Crippen LogP contribution in [0.1, 0.15) is 33.3 Å². The SMILES string of the molecule is CC1(C)CB(c2cc(N)c(C(=N)F)cc2F)CC1(C)C. The zero-order chi connectivity index (χ0) is 15.3. The second-order valence-electron chi connectivity index (χ2n) is 7.15. The normalized spacial score (nSPS) is 20.2. The van der Waals surface area contributed by atoms with E-state index in [0.29, 0.717) is 5.46 Å². The molecule has 0 aliphatic carbocycles. The maximum Gasteiger partial charge on any atom is 0.215 e. The molecule has 5 heteroatoms. The minimum Gasteiger partial charge on any atom is -0.398 e. The Labute approximate surface area is 119 Å². The van der Waals surface area contributed by atoms with Gasteiger partial charge in [-0.15, -0.1) is 0 Å². The fourth-order valence-electron chi connectivity index (χ4n) is 3.19. The van der Waals surface area contributed by atoms with Gasteiger partial charge in [-0.05, 0) is 28.4 Å². The van der Waals surface area contributed by atoms with Gasteiger partial charge in [0.2, 0.25) is 5.97 Å². The summed E-state index contributed by atoms with van der Waals surface area (Å²) in [7, 11) is 0. The number of anilines is 1. The van der Waals surface area contributed by atoms with Crippen LogP contribution in [0.5, 0.6) is 0 Å². The van der Waals surface area contributed by atoms with Crippen molar-refractivity contribution in [3.63, 3.8) is 0 Å². The topological polar surface area (TPSA) is 49.9 Å². The third-order valence-corrected chi connectivity index (χ3v) is 5.19. The van der Waals surface area contributed by atoms with Crippen molar-refractivity contribution >= 4 is 23.8 Å². The van der Waals surface area contributed by atoms with Crippen LogP contribution in [0.15, 0.2) is 12.1 Å². The molecule has 0 amide bonds. The monoisotopic (exact) mass is 278 g/mol. The maximum atomic E-state index is 14.2. The van der Waals surface area contributed by atoms with Crippen molar-refractivity contribution in [1.29, 1.82) is 5.41 Å². The van der Waals surface area contributed by atoms with Crippen LogP contribution in [-0.4, -0.2) is 12.7 Å². The number of halogens is 2. The van der Waals surface area contributed by atoms with Crippen LogP contribution in [0.2, 0.25) is 12.6 Å². The molecule has 1 aromatic rings. The van der Waals surface area contributed by atoms with Crippen LogP contribution in [-0.2, 0) is 0 Å². The molecule has 0 aromatic heterocycles. The fourth-order valence-corrected chi connectivity index (χ4v) is 3.19. The van der Waals surface area contributed by atoms with Gasteiger partial charge < -0.3 is 5.73 Å². The maximum absolute atomic E-state index is 14.2. The van der Waals surface area contributed by atoms with E-state index in [1.165, 1.54) is 6.07 Å². The largest absolute Gasteiger partial charge is 0.398 e.